The van der Waals surface area contributed by atoms with Crippen LogP contribution < -0.4 is 0 Å². The topological polar surface area (TPSA) is 60.8 Å². The summed E-state index contributed by atoms with van der Waals surface area (Å²) in [6, 6.07) is 0.388. The van der Waals surface area contributed by atoms with Crippen molar-refractivity contribution in [2.75, 3.05) is 19.7 Å². The molecule has 1 heterocycles. The molecule has 0 aliphatic carbocycles. The molecule has 0 bridgehead atoms. The lowest BCUT2D eigenvalue weighted by Gasteiger charge is -2.35. The maximum atomic E-state index is 10.9. The van der Waals surface area contributed by atoms with E-state index in [0.29, 0.717) is 12.6 Å². The predicted octanol–water partition coefficient (Wildman–Crippen LogP) is 0.944. The lowest BCUT2D eigenvalue weighted by molar-refractivity contribution is -0.143. The zero-order chi connectivity index (χ0) is 11.3. The predicted molar refractivity (Wildman–Crippen MR) is 57.7 cm³/mol. The number of aliphatic hydroxyl groups is 1. The van der Waals surface area contributed by atoms with Gasteiger partial charge < -0.3 is 10.2 Å². The van der Waals surface area contributed by atoms with Crippen LogP contribution in [0.4, 0.5) is 0 Å². The van der Waals surface area contributed by atoms with Gasteiger partial charge in [0, 0.05) is 19.2 Å². The SMILES string of the molecule is C[C@H](CCCO)N1CCC[C@H](C(=O)O)C1. The Morgan fingerprint density at radius 3 is 2.93 bits per heavy atom. The number of likely N-dealkylation sites (tertiary alicyclic amines) is 1. The van der Waals surface area contributed by atoms with Crippen LogP contribution in [0.1, 0.15) is 32.6 Å². The third-order valence-electron chi connectivity index (χ3n) is 3.21. The highest BCUT2D eigenvalue weighted by Crippen LogP contribution is 2.20. The number of piperidine rings is 1. The van der Waals surface area contributed by atoms with Crippen molar-refractivity contribution in [3.63, 3.8) is 0 Å². The molecule has 0 radical (unpaired) electrons. The van der Waals surface area contributed by atoms with Crippen LogP contribution in [-0.2, 0) is 4.79 Å². The molecule has 0 spiro atoms. The van der Waals surface area contributed by atoms with E-state index in [1.165, 1.54) is 0 Å². The first kappa shape index (κ1) is 12.5. The normalized spacial score (nSPS) is 25.1. The summed E-state index contributed by atoms with van der Waals surface area (Å²) in [7, 11) is 0. The van der Waals surface area contributed by atoms with Crippen molar-refractivity contribution < 1.29 is 15.0 Å². The van der Waals surface area contributed by atoms with Gasteiger partial charge in [-0.2, -0.15) is 0 Å². The summed E-state index contributed by atoms with van der Waals surface area (Å²) in [5.41, 5.74) is 0. The molecule has 88 valence electrons. The largest absolute Gasteiger partial charge is 0.481 e. The zero-order valence-corrected chi connectivity index (χ0v) is 9.35. The van der Waals surface area contributed by atoms with Crippen LogP contribution in [-0.4, -0.2) is 46.8 Å². The number of carboxylic acids is 1. The molecule has 2 N–H and O–H groups in total. The molecule has 2 atom stereocenters. The van der Waals surface area contributed by atoms with E-state index in [0.717, 1.165) is 32.2 Å². The van der Waals surface area contributed by atoms with Gasteiger partial charge in [-0.25, -0.2) is 0 Å². The summed E-state index contributed by atoms with van der Waals surface area (Å²) >= 11 is 0. The van der Waals surface area contributed by atoms with Gasteiger partial charge in [-0.1, -0.05) is 0 Å². The van der Waals surface area contributed by atoms with Crippen molar-refractivity contribution in [2.45, 2.75) is 38.6 Å². The molecule has 15 heavy (non-hydrogen) atoms. The van der Waals surface area contributed by atoms with Gasteiger partial charge in [-0.05, 0) is 39.2 Å². The van der Waals surface area contributed by atoms with Crippen molar-refractivity contribution in [3.05, 3.63) is 0 Å². The second-order valence-electron chi connectivity index (χ2n) is 4.39. The second kappa shape index (κ2) is 6.08. The number of aliphatic hydroxyl groups excluding tert-OH is 1. The standard InChI is InChI=1S/C11H21NO3/c1-9(4-3-7-13)12-6-2-5-10(8-12)11(14)15/h9-10,13H,2-8H2,1H3,(H,14,15)/t9-,10+/m1/s1. The number of hydrogen-bond acceptors (Lipinski definition) is 3. The Kier molecular flexibility index (Phi) is 5.05. The minimum atomic E-state index is -0.672. The van der Waals surface area contributed by atoms with Gasteiger partial charge in [0.15, 0.2) is 0 Å². The summed E-state index contributed by atoms with van der Waals surface area (Å²) in [5, 5.41) is 17.7. The van der Waals surface area contributed by atoms with Gasteiger partial charge in [0.1, 0.15) is 0 Å². The highest BCUT2D eigenvalue weighted by atomic mass is 16.4. The Morgan fingerprint density at radius 1 is 1.60 bits per heavy atom. The smallest absolute Gasteiger partial charge is 0.307 e. The van der Waals surface area contributed by atoms with Crippen molar-refractivity contribution in [1.82, 2.24) is 4.90 Å². The summed E-state index contributed by atoms with van der Waals surface area (Å²) < 4.78 is 0. The Labute approximate surface area is 90.9 Å². The fourth-order valence-electron chi connectivity index (χ4n) is 2.18. The van der Waals surface area contributed by atoms with Crippen molar-refractivity contribution in [3.8, 4) is 0 Å². The van der Waals surface area contributed by atoms with E-state index in [2.05, 4.69) is 11.8 Å². The molecule has 0 unspecified atom stereocenters. The van der Waals surface area contributed by atoms with Crippen LogP contribution >= 0.6 is 0 Å². The van der Waals surface area contributed by atoms with Crippen molar-refractivity contribution in [2.24, 2.45) is 5.92 Å². The van der Waals surface area contributed by atoms with Gasteiger partial charge in [-0.3, -0.25) is 9.69 Å². The van der Waals surface area contributed by atoms with Gasteiger partial charge >= 0.3 is 5.97 Å². The van der Waals surface area contributed by atoms with Crippen LogP contribution in [0.3, 0.4) is 0 Å². The molecule has 0 amide bonds. The molecular formula is C11H21NO3. The molecule has 0 aromatic carbocycles. The summed E-state index contributed by atoms with van der Waals surface area (Å²) in [4.78, 5) is 13.1. The third-order valence-corrected chi connectivity index (χ3v) is 3.21. The van der Waals surface area contributed by atoms with Crippen LogP contribution in [0.15, 0.2) is 0 Å². The molecular weight excluding hydrogens is 194 g/mol. The molecule has 0 aromatic rings. The highest BCUT2D eigenvalue weighted by molar-refractivity contribution is 5.70. The van der Waals surface area contributed by atoms with E-state index < -0.39 is 5.97 Å². The maximum absolute atomic E-state index is 10.9. The van der Waals surface area contributed by atoms with Crippen LogP contribution in [0.5, 0.6) is 0 Å². The molecule has 4 heteroatoms. The molecule has 0 aromatic heterocycles. The monoisotopic (exact) mass is 215 g/mol. The van der Waals surface area contributed by atoms with Crippen molar-refractivity contribution >= 4 is 5.97 Å². The van der Waals surface area contributed by atoms with Gasteiger partial charge in [0.05, 0.1) is 5.92 Å². The molecule has 1 saturated heterocycles. The number of carboxylic acid groups (broad SMARTS) is 1. The zero-order valence-electron chi connectivity index (χ0n) is 9.35. The lowest BCUT2D eigenvalue weighted by Crippen LogP contribution is -2.43. The Hall–Kier alpha value is -0.610. The summed E-state index contributed by atoms with van der Waals surface area (Å²) in [6.07, 6.45) is 3.53. The average molecular weight is 215 g/mol. The van der Waals surface area contributed by atoms with Gasteiger partial charge in [0.25, 0.3) is 0 Å². The number of rotatable bonds is 5. The van der Waals surface area contributed by atoms with E-state index in [4.69, 9.17) is 10.2 Å². The third kappa shape index (κ3) is 3.80. The molecule has 1 fully saturated rings. The minimum Gasteiger partial charge on any atom is -0.481 e. The number of hydrogen-bond donors (Lipinski definition) is 2. The Bertz CT molecular complexity index is 208. The first-order chi connectivity index (χ1) is 7.15. The van der Waals surface area contributed by atoms with Crippen LogP contribution in [0.25, 0.3) is 0 Å². The average Bonchev–Trinajstić information content (AvgIpc) is 2.26. The second-order valence-corrected chi connectivity index (χ2v) is 4.39. The fourth-order valence-corrected chi connectivity index (χ4v) is 2.18. The Balaban J connectivity index is 2.37. The highest BCUT2D eigenvalue weighted by Gasteiger charge is 2.27. The van der Waals surface area contributed by atoms with E-state index in [1.54, 1.807) is 0 Å². The van der Waals surface area contributed by atoms with Crippen LogP contribution in [0, 0.1) is 5.92 Å². The summed E-state index contributed by atoms with van der Waals surface area (Å²) in [6.45, 7) is 4.00. The molecule has 1 aliphatic heterocycles. The number of aliphatic carboxylic acids is 1. The Morgan fingerprint density at radius 2 is 2.33 bits per heavy atom. The number of carbonyl (C=O) groups is 1. The van der Waals surface area contributed by atoms with Gasteiger partial charge in [-0.15, -0.1) is 0 Å². The fraction of sp³-hybridized carbons (Fsp3) is 0.909. The van der Waals surface area contributed by atoms with E-state index >= 15 is 0 Å². The van der Waals surface area contributed by atoms with E-state index in [-0.39, 0.29) is 12.5 Å². The first-order valence-electron chi connectivity index (χ1n) is 5.73. The van der Waals surface area contributed by atoms with E-state index in [1.807, 2.05) is 0 Å². The van der Waals surface area contributed by atoms with E-state index in [9.17, 15) is 4.79 Å². The van der Waals surface area contributed by atoms with Crippen molar-refractivity contribution in [1.29, 1.82) is 0 Å². The molecule has 0 saturated carbocycles. The quantitative estimate of drug-likeness (QED) is 0.716. The molecule has 1 rings (SSSR count). The first-order valence-corrected chi connectivity index (χ1v) is 5.73. The summed E-state index contributed by atoms with van der Waals surface area (Å²) in [5.74, 6) is -0.871. The molecule has 4 nitrogen and oxygen atoms in total. The maximum Gasteiger partial charge on any atom is 0.307 e. The lowest BCUT2D eigenvalue weighted by atomic mass is 9.96. The van der Waals surface area contributed by atoms with Gasteiger partial charge in [0.2, 0.25) is 0 Å². The van der Waals surface area contributed by atoms with Crippen LogP contribution in [0.2, 0.25) is 0 Å². The molecule has 1 aliphatic rings. The minimum absolute atomic E-state index is 0.199. The number of nitrogens with zero attached hydrogens (tertiary/aromatic N) is 1.